The first-order valence-electron chi connectivity index (χ1n) is 5.76. The molecule has 3 unspecified atom stereocenters. The van der Waals surface area contributed by atoms with Gasteiger partial charge in [0.1, 0.15) is 0 Å². The summed E-state index contributed by atoms with van der Waals surface area (Å²) in [6, 6.07) is 10.1. The quantitative estimate of drug-likeness (QED) is 0.728. The van der Waals surface area contributed by atoms with E-state index in [1.807, 2.05) is 30.3 Å². The van der Waals surface area contributed by atoms with Crippen LogP contribution in [-0.4, -0.2) is 5.11 Å². The van der Waals surface area contributed by atoms with Crippen LogP contribution in [-0.2, 0) is 0 Å². The van der Waals surface area contributed by atoms with E-state index in [0.29, 0.717) is 11.8 Å². The van der Waals surface area contributed by atoms with Crippen molar-refractivity contribution in [1.82, 2.24) is 0 Å². The Morgan fingerprint density at radius 1 is 1.07 bits per heavy atom. The molecule has 1 heteroatoms. The van der Waals surface area contributed by atoms with Crippen LogP contribution in [0, 0.1) is 17.8 Å². The Kier molecular flexibility index (Phi) is 2.14. The van der Waals surface area contributed by atoms with E-state index in [9.17, 15) is 5.11 Å². The molecule has 0 aromatic heterocycles. The molecule has 3 rings (SSSR count). The Labute approximate surface area is 90.4 Å². The van der Waals surface area contributed by atoms with Gasteiger partial charge in [0.2, 0.25) is 0 Å². The van der Waals surface area contributed by atoms with Crippen LogP contribution in [0.3, 0.4) is 0 Å². The highest BCUT2D eigenvalue weighted by Crippen LogP contribution is 2.48. The molecule has 78 valence electrons. The summed E-state index contributed by atoms with van der Waals surface area (Å²) in [7, 11) is 0. The molecule has 2 aliphatic rings. The van der Waals surface area contributed by atoms with E-state index in [0.717, 1.165) is 17.9 Å². The minimum atomic E-state index is -0.272. The molecule has 15 heavy (non-hydrogen) atoms. The first-order valence-corrected chi connectivity index (χ1v) is 5.76. The predicted molar refractivity (Wildman–Crippen MR) is 60.2 cm³/mol. The second kappa shape index (κ2) is 3.49. The lowest BCUT2D eigenvalue weighted by Crippen LogP contribution is -2.16. The van der Waals surface area contributed by atoms with Crippen LogP contribution in [0.15, 0.2) is 42.5 Å². The number of benzene rings is 1. The zero-order chi connectivity index (χ0) is 10.3. The van der Waals surface area contributed by atoms with E-state index < -0.39 is 0 Å². The van der Waals surface area contributed by atoms with E-state index in [1.165, 1.54) is 6.42 Å². The first-order chi connectivity index (χ1) is 7.34. The topological polar surface area (TPSA) is 20.2 Å². The molecule has 4 atom stereocenters. The maximum atomic E-state index is 10.3. The average molecular weight is 200 g/mol. The number of aliphatic hydroxyl groups excluding tert-OH is 1. The molecule has 0 spiro atoms. The van der Waals surface area contributed by atoms with Crippen molar-refractivity contribution < 1.29 is 5.11 Å². The fourth-order valence-corrected chi connectivity index (χ4v) is 3.08. The minimum absolute atomic E-state index is 0.272. The zero-order valence-electron chi connectivity index (χ0n) is 8.71. The second-order valence-electron chi connectivity index (χ2n) is 4.80. The van der Waals surface area contributed by atoms with Gasteiger partial charge in [0.05, 0.1) is 6.10 Å². The highest BCUT2D eigenvalue weighted by atomic mass is 16.3. The van der Waals surface area contributed by atoms with Crippen molar-refractivity contribution in [3.8, 4) is 0 Å². The smallest absolute Gasteiger partial charge is 0.0824 e. The van der Waals surface area contributed by atoms with Gasteiger partial charge in [0, 0.05) is 0 Å². The third-order valence-electron chi connectivity index (χ3n) is 3.88. The van der Waals surface area contributed by atoms with E-state index in [-0.39, 0.29) is 6.10 Å². The molecule has 0 radical (unpaired) electrons. The highest BCUT2D eigenvalue weighted by molar-refractivity contribution is 5.21. The number of rotatable bonds is 2. The standard InChI is InChI=1S/C14H16O/c15-14(11-4-2-1-3-5-11)13-9-10-6-7-12(13)8-10/h1-7,10,12-15H,8-9H2/t10?,12?,13?,14-/m1/s1. The Hall–Kier alpha value is -1.08. The SMILES string of the molecule is O[C@H](c1ccccc1)C1CC2C=CC1C2. The lowest BCUT2D eigenvalue weighted by atomic mass is 9.85. The van der Waals surface area contributed by atoms with Gasteiger partial charge in [-0.15, -0.1) is 0 Å². The molecule has 0 aliphatic heterocycles. The lowest BCUT2D eigenvalue weighted by molar-refractivity contribution is 0.0936. The molecule has 2 aliphatic carbocycles. The number of allylic oxidation sites excluding steroid dienone is 2. The molecule has 1 fully saturated rings. The molecule has 1 aromatic rings. The van der Waals surface area contributed by atoms with Gasteiger partial charge in [-0.05, 0) is 36.2 Å². The van der Waals surface area contributed by atoms with Crippen molar-refractivity contribution in [3.05, 3.63) is 48.0 Å². The molecule has 2 bridgehead atoms. The fourth-order valence-electron chi connectivity index (χ4n) is 3.08. The normalized spacial score (nSPS) is 34.6. The maximum Gasteiger partial charge on any atom is 0.0824 e. The lowest BCUT2D eigenvalue weighted by Gasteiger charge is -2.24. The van der Waals surface area contributed by atoms with Crippen LogP contribution in [0.4, 0.5) is 0 Å². The largest absolute Gasteiger partial charge is 0.388 e. The van der Waals surface area contributed by atoms with Crippen LogP contribution < -0.4 is 0 Å². The van der Waals surface area contributed by atoms with Gasteiger partial charge in [0.15, 0.2) is 0 Å². The van der Waals surface area contributed by atoms with Gasteiger partial charge in [-0.2, -0.15) is 0 Å². The van der Waals surface area contributed by atoms with Crippen LogP contribution in [0.2, 0.25) is 0 Å². The van der Waals surface area contributed by atoms with Gasteiger partial charge >= 0.3 is 0 Å². The van der Waals surface area contributed by atoms with Crippen molar-refractivity contribution in [3.63, 3.8) is 0 Å². The number of hydrogen-bond acceptors (Lipinski definition) is 1. The highest BCUT2D eigenvalue weighted by Gasteiger charge is 2.39. The predicted octanol–water partition coefficient (Wildman–Crippen LogP) is 2.93. The molecule has 0 heterocycles. The zero-order valence-corrected chi connectivity index (χ0v) is 8.71. The summed E-state index contributed by atoms with van der Waals surface area (Å²) in [5.74, 6) is 1.80. The van der Waals surface area contributed by atoms with Crippen LogP contribution in [0.1, 0.15) is 24.5 Å². The van der Waals surface area contributed by atoms with Crippen molar-refractivity contribution in [1.29, 1.82) is 0 Å². The Balaban J connectivity index is 1.81. The van der Waals surface area contributed by atoms with Gasteiger partial charge < -0.3 is 5.11 Å². The van der Waals surface area contributed by atoms with Crippen LogP contribution >= 0.6 is 0 Å². The van der Waals surface area contributed by atoms with E-state index >= 15 is 0 Å². The molecule has 1 saturated carbocycles. The average Bonchev–Trinajstić information content (AvgIpc) is 2.91. The van der Waals surface area contributed by atoms with Gasteiger partial charge in [-0.1, -0.05) is 42.5 Å². The van der Waals surface area contributed by atoms with E-state index in [4.69, 9.17) is 0 Å². The molecular weight excluding hydrogens is 184 g/mol. The van der Waals surface area contributed by atoms with E-state index in [2.05, 4.69) is 12.2 Å². The molecule has 1 nitrogen and oxygen atoms in total. The van der Waals surface area contributed by atoms with Crippen LogP contribution in [0.5, 0.6) is 0 Å². The monoisotopic (exact) mass is 200 g/mol. The number of fused-ring (bicyclic) bond motifs is 2. The Morgan fingerprint density at radius 2 is 1.87 bits per heavy atom. The van der Waals surface area contributed by atoms with Gasteiger partial charge in [-0.25, -0.2) is 0 Å². The number of aliphatic hydroxyl groups is 1. The van der Waals surface area contributed by atoms with Crippen LogP contribution in [0.25, 0.3) is 0 Å². The van der Waals surface area contributed by atoms with Crippen molar-refractivity contribution >= 4 is 0 Å². The summed E-state index contributed by atoms with van der Waals surface area (Å²) >= 11 is 0. The first kappa shape index (κ1) is 9.17. The molecular formula is C14H16O. The van der Waals surface area contributed by atoms with Crippen molar-refractivity contribution in [2.75, 3.05) is 0 Å². The third kappa shape index (κ3) is 1.51. The fraction of sp³-hybridized carbons (Fsp3) is 0.429. The Bertz CT molecular complexity index is 368. The van der Waals surface area contributed by atoms with Crippen molar-refractivity contribution in [2.45, 2.75) is 18.9 Å². The van der Waals surface area contributed by atoms with Gasteiger partial charge in [0.25, 0.3) is 0 Å². The van der Waals surface area contributed by atoms with Crippen molar-refractivity contribution in [2.24, 2.45) is 17.8 Å². The maximum absolute atomic E-state index is 10.3. The summed E-state index contributed by atoms with van der Waals surface area (Å²) in [5.41, 5.74) is 1.07. The molecule has 0 saturated heterocycles. The summed E-state index contributed by atoms with van der Waals surface area (Å²) in [5, 5.41) is 10.3. The second-order valence-corrected chi connectivity index (χ2v) is 4.80. The minimum Gasteiger partial charge on any atom is -0.388 e. The summed E-state index contributed by atoms with van der Waals surface area (Å²) < 4.78 is 0. The Morgan fingerprint density at radius 3 is 2.47 bits per heavy atom. The number of hydrogen-bond donors (Lipinski definition) is 1. The third-order valence-corrected chi connectivity index (χ3v) is 3.88. The summed E-state index contributed by atoms with van der Waals surface area (Å²) in [6.45, 7) is 0. The summed E-state index contributed by atoms with van der Waals surface area (Å²) in [6.07, 6.45) is 6.77. The molecule has 1 N–H and O–H groups in total. The molecule has 0 amide bonds. The summed E-state index contributed by atoms with van der Waals surface area (Å²) in [4.78, 5) is 0. The van der Waals surface area contributed by atoms with Gasteiger partial charge in [-0.3, -0.25) is 0 Å². The van der Waals surface area contributed by atoms with E-state index in [1.54, 1.807) is 0 Å². The molecule has 1 aromatic carbocycles.